The van der Waals surface area contributed by atoms with Gasteiger partial charge in [-0.2, -0.15) is 5.10 Å². The number of nitrogens with one attached hydrogen (secondary N) is 2. The maximum Gasteiger partial charge on any atom is 0.168 e. The van der Waals surface area contributed by atoms with Gasteiger partial charge in [-0.15, -0.1) is 0 Å². The second kappa shape index (κ2) is 7.87. The summed E-state index contributed by atoms with van der Waals surface area (Å²) in [5, 5.41) is 10.5. The maximum atomic E-state index is 13.0. The Balaban J connectivity index is 1.46. The van der Waals surface area contributed by atoms with E-state index in [2.05, 4.69) is 25.5 Å². The number of halogens is 1. The van der Waals surface area contributed by atoms with Gasteiger partial charge >= 0.3 is 0 Å². The first kappa shape index (κ1) is 17.7. The predicted molar refractivity (Wildman–Crippen MR) is 105 cm³/mol. The summed E-state index contributed by atoms with van der Waals surface area (Å²) in [7, 11) is 0. The Morgan fingerprint density at radius 1 is 0.964 bits per heavy atom. The van der Waals surface area contributed by atoms with Crippen LogP contribution in [0.2, 0.25) is 0 Å². The summed E-state index contributed by atoms with van der Waals surface area (Å²) in [4.78, 5) is 8.85. The number of benzene rings is 2. The third-order valence-corrected chi connectivity index (χ3v) is 4.00. The van der Waals surface area contributed by atoms with Gasteiger partial charge in [0.1, 0.15) is 24.0 Å². The van der Waals surface area contributed by atoms with Crippen molar-refractivity contribution in [3.8, 4) is 17.0 Å². The number of aromatic amines is 1. The normalized spacial score (nSPS) is 10.6. The van der Waals surface area contributed by atoms with Crippen LogP contribution in [0.15, 0.2) is 66.7 Å². The average Bonchev–Trinajstić information content (AvgIpc) is 3.16. The minimum atomic E-state index is -0.306. The van der Waals surface area contributed by atoms with Crippen molar-refractivity contribution in [2.75, 3.05) is 5.32 Å². The molecule has 0 saturated heterocycles. The number of anilines is 2. The monoisotopic (exact) mass is 375 g/mol. The Bertz CT molecular complexity index is 1060. The zero-order valence-corrected chi connectivity index (χ0v) is 15.2. The average molecular weight is 375 g/mol. The van der Waals surface area contributed by atoms with Crippen LogP contribution in [0.3, 0.4) is 0 Å². The summed E-state index contributed by atoms with van der Waals surface area (Å²) in [6.07, 6.45) is 0. The molecule has 0 amide bonds. The largest absolute Gasteiger partial charge is 0.486 e. The zero-order valence-electron chi connectivity index (χ0n) is 15.2. The summed E-state index contributed by atoms with van der Waals surface area (Å²) < 4.78 is 18.6. The van der Waals surface area contributed by atoms with Crippen molar-refractivity contribution < 1.29 is 9.13 Å². The lowest BCUT2D eigenvalue weighted by Gasteiger charge is -2.08. The zero-order chi connectivity index (χ0) is 19.3. The highest BCUT2D eigenvalue weighted by Crippen LogP contribution is 2.21. The first-order valence-corrected chi connectivity index (χ1v) is 8.76. The van der Waals surface area contributed by atoms with Gasteiger partial charge < -0.3 is 10.1 Å². The van der Waals surface area contributed by atoms with Crippen LogP contribution in [-0.2, 0) is 6.61 Å². The summed E-state index contributed by atoms with van der Waals surface area (Å²) in [6, 6.07) is 19.5. The SMILES string of the molecule is Cc1cc(Nc2cc(-c3ccccc3)[nH]n2)nc(COc2ccc(F)cc2)n1. The number of hydrogen-bond donors (Lipinski definition) is 2. The molecule has 0 saturated carbocycles. The fourth-order valence-electron chi connectivity index (χ4n) is 2.72. The molecule has 28 heavy (non-hydrogen) atoms. The molecule has 7 heteroatoms. The molecule has 2 aromatic carbocycles. The summed E-state index contributed by atoms with van der Waals surface area (Å²) >= 11 is 0. The minimum Gasteiger partial charge on any atom is -0.486 e. The smallest absolute Gasteiger partial charge is 0.168 e. The van der Waals surface area contributed by atoms with Gasteiger partial charge in [-0.1, -0.05) is 30.3 Å². The Morgan fingerprint density at radius 3 is 2.54 bits per heavy atom. The molecule has 0 radical (unpaired) electrons. The van der Waals surface area contributed by atoms with Crippen LogP contribution in [-0.4, -0.2) is 20.2 Å². The highest BCUT2D eigenvalue weighted by molar-refractivity contribution is 5.64. The molecule has 2 N–H and O–H groups in total. The molecule has 0 spiro atoms. The second-order valence-electron chi connectivity index (χ2n) is 6.21. The Labute approximate surface area is 161 Å². The maximum absolute atomic E-state index is 13.0. The molecular formula is C21H18FN5O. The number of aromatic nitrogens is 4. The van der Waals surface area contributed by atoms with Crippen LogP contribution in [0.4, 0.5) is 16.0 Å². The van der Waals surface area contributed by atoms with Crippen molar-refractivity contribution in [3.63, 3.8) is 0 Å². The van der Waals surface area contributed by atoms with E-state index in [0.29, 0.717) is 23.2 Å². The third kappa shape index (κ3) is 4.32. The highest BCUT2D eigenvalue weighted by atomic mass is 19.1. The van der Waals surface area contributed by atoms with Crippen molar-refractivity contribution >= 4 is 11.6 Å². The quantitative estimate of drug-likeness (QED) is 0.514. The van der Waals surface area contributed by atoms with Crippen LogP contribution < -0.4 is 10.1 Å². The highest BCUT2D eigenvalue weighted by Gasteiger charge is 2.07. The molecule has 0 aliphatic carbocycles. The van der Waals surface area contributed by atoms with E-state index < -0.39 is 0 Å². The van der Waals surface area contributed by atoms with Crippen LogP contribution >= 0.6 is 0 Å². The van der Waals surface area contributed by atoms with E-state index in [4.69, 9.17) is 4.74 Å². The number of hydrogen-bond acceptors (Lipinski definition) is 5. The second-order valence-corrected chi connectivity index (χ2v) is 6.21. The van der Waals surface area contributed by atoms with Gasteiger partial charge in [0.2, 0.25) is 0 Å². The van der Waals surface area contributed by atoms with Crippen LogP contribution in [0.5, 0.6) is 5.75 Å². The molecule has 4 aromatic rings. The predicted octanol–water partition coefficient (Wildman–Crippen LogP) is 4.64. The molecule has 4 rings (SSSR count). The first-order chi connectivity index (χ1) is 13.7. The Kier molecular flexibility index (Phi) is 4.97. The summed E-state index contributed by atoms with van der Waals surface area (Å²) in [5.74, 6) is 2.05. The van der Waals surface area contributed by atoms with Crippen molar-refractivity contribution in [2.24, 2.45) is 0 Å². The number of nitrogens with zero attached hydrogens (tertiary/aromatic N) is 3. The molecule has 0 fully saturated rings. The summed E-state index contributed by atoms with van der Waals surface area (Å²) in [6.45, 7) is 2.06. The van der Waals surface area contributed by atoms with E-state index in [9.17, 15) is 4.39 Å². The molecule has 2 aromatic heterocycles. The van der Waals surface area contributed by atoms with Crippen molar-refractivity contribution in [3.05, 3.63) is 84.1 Å². The fourth-order valence-corrected chi connectivity index (χ4v) is 2.72. The molecule has 140 valence electrons. The molecule has 0 aliphatic heterocycles. The van der Waals surface area contributed by atoms with Gasteiger partial charge in [0.05, 0.1) is 5.69 Å². The molecule has 6 nitrogen and oxygen atoms in total. The molecule has 0 bridgehead atoms. The topological polar surface area (TPSA) is 75.7 Å². The van der Waals surface area contributed by atoms with E-state index in [1.165, 1.54) is 12.1 Å². The molecule has 0 aliphatic rings. The van der Waals surface area contributed by atoms with E-state index >= 15 is 0 Å². The van der Waals surface area contributed by atoms with Gasteiger partial charge in [-0.25, -0.2) is 14.4 Å². The third-order valence-electron chi connectivity index (χ3n) is 4.00. The van der Waals surface area contributed by atoms with Gasteiger partial charge in [0.25, 0.3) is 0 Å². The van der Waals surface area contributed by atoms with E-state index in [1.807, 2.05) is 49.4 Å². The molecular weight excluding hydrogens is 357 g/mol. The number of rotatable bonds is 6. The Morgan fingerprint density at radius 2 is 1.75 bits per heavy atom. The standard InChI is InChI=1S/C21H18FN5O/c1-14-11-19(24-20-12-18(26-27-20)15-5-3-2-4-6-15)25-21(23-14)13-28-17-9-7-16(22)8-10-17/h2-12H,13H2,1H3,(H2,23,24,25,26,27). The van der Waals surface area contributed by atoms with Gasteiger partial charge in [0, 0.05) is 17.8 Å². The van der Waals surface area contributed by atoms with Crippen LogP contribution in [0.1, 0.15) is 11.5 Å². The fraction of sp³-hybridized carbons (Fsp3) is 0.0952. The Hall–Kier alpha value is -3.74. The molecule has 0 unspecified atom stereocenters. The van der Waals surface area contributed by atoms with Crippen molar-refractivity contribution in [1.82, 2.24) is 20.2 Å². The molecule has 2 heterocycles. The number of H-pyrrole nitrogens is 1. The minimum absolute atomic E-state index is 0.178. The van der Waals surface area contributed by atoms with Gasteiger partial charge in [-0.05, 0) is 36.8 Å². The van der Waals surface area contributed by atoms with Crippen LogP contribution in [0.25, 0.3) is 11.3 Å². The van der Waals surface area contributed by atoms with Gasteiger partial charge in [-0.3, -0.25) is 5.10 Å². The van der Waals surface area contributed by atoms with E-state index in [1.54, 1.807) is 12.1 Å². The lowest BCUT2D eigenvalue weighted by atomic mass is 10.2. The number of ether oxygens (including phenoxy) is 1. The summed E-state index contributed by atoms with van der Waals surface area (Å²) in [5.41, 5.74) is 2.76. The lowest BCUT2D eigenvalue weighted by molar-refractivity contribution is 0.295. The first-order valence-electron chi connectivity index (χ1n) is 8.76. The molecule has 0 atom stereocenters. The van der Waals surface area contributed by atoms with E-state index in [0.717, 1.165) is 17.0 Å². The van der Waals surface area contributed by atoms with Gasteiger partial charge in [0.15, 0.2) is 11.6 Å². The van der Waals surface area contributed by atoms with Crippen molar-refractivity contribution in [2.45, 2.75) is 13.5 Å². The van der Waals surface area contributed by atoms with E-state index in [-0.39, 0.29) is 12.4 Å². The number of aryl methyl sites for hydroxylation is 1. The van der Waals surface area contributed by atoms with Crippen LogP contribution in [0, 0.1) is 12.7 Å². The lowest BCUT2D eigenvalue weighted by Crippen LogP contribution is -2.05. The van der Waals surface area contributed by atoms with Crippen molar-refractivity contribution in [1.29, 1.82) is 0 Å².